The van der Waals surface area contributed by atoms with Gasteiger partial charge in [0.15, 0.2) is 0 Å². The first-order valence-corrected chi connectivity index (χ1v) is 9.45. The van der Waals surface area contributed by atoms with Crippen molar-refractivity contribution in [3.63, 3.8) is 0 Å². The Bertz CT molecular complexity index is 924. The minimum absolute atomic E-state index is 0.0253. The molecule has 1 heterocycles. The van der Waals surface area contributed by atoms with Gasteiger partial charge in [-0.3, -0.25) is 14.9 Å². The molecule has 1 atom stereocenters. The van der Waals surface area contributed by atoms with Crippen LogP contribution in [0, 0.1) is 16.0 Å². The highest BCUT2D eigenvalue weighted by Crippen LogP contribution is 2.22. The van der Waals surface area contributed by atoms with E-state index in [1.807, 2.05) is 0 Å². The van der Waals surface area contributed by atoms with Gasteiger partial charge in [0.2, 0.25) is 10.0 Å². The first-order chi connectivity index (χ1) is 12.7. The number of nitro groups is 1. The number of ether oxygens (including phenoxy) is 1. The van der Waals surface area contributed by atoms with E-state index in [1.54, 1.807) is 13.8 Å². The second-order valence-electron chi connectivity index (χ2n) is 6.05. The van der Waals surface area contributed by atoms with Crippen LogP contribution in [0.3, 0.4) is 0 Å². The van der Waals surface area contributed by atoms with Crippen molar-refractivity contribution in [2.24, 2.45) is 5.92 Å². The summed E-state index contributed by atoms with van der Waals surface area (Å²) in [5, 5.41) is 10.7. The molecule has 2 aromatic rings. The van der Waals surface area contributed by atoms with Gasteiger partial charge in [-0.1, -0.05) is 26.0 Å². The van der Waals surface area contributed by atoms with E-state index in [4.69, 9.17) is 0 Å². The number of nitrogens with one attached hydrogen (secondary N) is 1. The maximum atomic E-state index is 12.5. The van der Waals surface area contributed by atoms with Gasteiger partial charge in [0.05, 0.1) is 22.6 Å². The average Bonchev–Trinajstić information content (AvgIpc) is 2.65. The molecule has 0 amide bonds. The number of rotatable bonds is 7. The molecule has 10 heteroatoms. The normalized spacial score (nSPS) is 12.6. The van der Waals surface area contributed by atoms with Gasteiger partial charge >= 0.3 is 5.97 Å². The van der Waals surface area contributed by atoms with Crippen molar-refractivity contribution in [1.29, 1.82) is 0 Å². The lowest BCUT2D eigenvalue weighted by Crippen LogP contribution is -2.44. The lowest BCUT2D eigenvalue weighted by molar-refractivity contribution is -0.385. The Labute approximate surface area is 156 Å². The molecule has 0 saturated carbocycles. The van der Waals surface area contributed by atoms with Crippen LogP contribution >= 0.6 is 0 Å². The molecule has 0 radical (unpaired) electrons. The van der Waals surface area contributed by atoms with E-state index in [0.29, 0.717) is 11.3 Å². The molecule has 0 fully saturated rings. The van der Waals surface area contributed by atoms with Crippen molar-refractivity contribution in [1.82, 2.24) is 9.71 Å². The number of nitrogens with zero attached hydrogens (tertiary/aromatic N) is 2. The summed E-state index contributed by atoms with van der Waals surface area (Å²) in [6.45, 7) is 3.40. The Balaban J connectivity index is 2.24. The van der Waals surface area contributed by atoms with Gasteiger partial charge in [-0.05, 0) is 24.1 Å². The monoisotopic (exact) mass is 393 g/mol. The highest BCUT2D eigenvalue weighted by molar-refractivity contribution is 7.89. The minimum atomic E-state index is -3.94. The van der Waals surface area contributed by atoms with Crippen LogP contribution in [-0.4, -0.2) is 37.4 Å². The predicted octanol–water partition coefficient (Wildman–Crippen LogP) is 2.13. The van der Waals surface area contributed by atoms with E-state index in [1.165, 1.54) is 43.5 Å². The van der Waals surface area contributed by atoms with Gasteiger partial charge in [-0.15, -0.1) is 0 Å². The number of sulfonamides is 1. The maximum absolute atomic E-state index is 12.5. The van der Waals surface area contributed by atoms with E-state index in [-0.39, 0.29) is 16.5 Å². The number of methoxy groups -OCH3 is 1. The summed E-state index contributed by atoms with van der Waals surface area (Å²) in [6, 6.07) is 7.60. The second kappa shape index (κ2) is 8.23. The van der Waals surface area contributed by atoms with Crippen molar-refractivity contribution in [3.05, 3.63) is 52.7 Å². The summed E-state index contributed by atoms with van der Waals surface area (Å²) in [4.78, 5) is 25.9. The van der Waals surface area contributed by atoms with E-state index in [2.05, 4.69) is 14.4 Å². The molecular formula is C17H19N3O6S. The molecule has 0 saturated heterocycles. The Morgan fingerprint density at radius 3 is 2.26 bits per heavy atom. The standard InChI is InChI=1S/C17H19N3O6S/c1-11(2)16(17(21)26-3)19-27(24,25)14-7-4-12(5-8-14)15-9-6-13(10-18-15)20(22)23/h4-11,16,19H,1-3H3. The number of hydrogen-bond acceptors (Lipinski definition) is 7. The molecule has 0 aliphatic rings. The molecule has 144 valence electrons. The van der Waals surface area contributed by atoms with Gasteiger partial charge in [0.1, 0.15) is 12.2 Å². The van der Waals surface area contributed by atoms with Crippen LogP contribution in [0.5, 0.6) is 0 Å². The largest absolute Gasteiger partial charge is 0.468 e. The number of carbonyl (C=O) groups is 1. The number of benzene rings is 1. The molecule has 1 aromatic carbocycles. The van der Waals surface area contributed by atoms with Gasteiger partial charge in [-0.2, -0.15) is 4.72 Å². The van der Waals surface area contributed by atoms with Crippen molar-refractivity contribution >= 4 is 21.7 Å². The van der Waals surface area contributed by atoms with Crippen LogP contribution in [0.2, 0.25) is 0 Å². The number of esters is 1. The van der Waals surface area contributed by atoms with E-state index >= 15 is 0 Å². The fraction of sp³-hybridized carbons (Fsp3) is 0.294. The summed E-state index contributed by atoms with van der Waals surface area (Å²) in [7, 11) is -2.74. The first-order valence-electron chi connectivity index (χ1n) is 7.96. The highest BCUT2D eigenvalue weighted by Gasteiger charge is 2.29. The van der Waals surface area contributed by atoms with Crippen molar-refractivity contribution in [3.8, 4) is 11.3 Å². The van der Waals surface area contributed by atoms with Crippen molar-refractivity contribution in [2.45, 2.75) is 24.8 Å². The third-order valence-electron chi connectivity index (χ3n) is 3.82. The van der Waals surface area contributed by atoms with Crippen molar-refractivity contribution in [2.75, 3.05) is 7.11 Å². The van der Waals surface area contributed by atoms with Crippen LogP contribution < -0.4 is 4.72 Å². The number of hydrogen-bond donors (Lipinski definition) is 1. The lowest BCUT2D eigenvalue weighted by Gasteiger charge is -2.19. The quantitative estimate of drug-likeness (QED) is 0.433. The smallest absolute Gasteiger partial charge is 0.324 e. The van der Waals surface area contributed by atoms with Gasteiger partial charge in [0, 0.05) is 11.6 Å². The summed E-state index contributed by atoms with van der Waals surface area (Å²) in [5.74, 6) is -0.962. The molecule has 0 spiro atoms. The van der Waals surface area contributed by atoms with Crippen LogP contribution in [0.25, 0.3) is 11.3 Å². The van der Waals surface area contributed by atoms with Crippen LogP contribution in [-0.2, 0) is 19.6 Å². The molecular weight excluding hydrogens is 374 g/mol. The maximum Gasteiger partial charge on any atom is 0.324 e. The Morgan fingerprint density at radius 1 is 1.19 bits per heavy atom. The van der Waals surface area contributed by atoms with Gasteiger partial charge in [0.25, 0.3) is 5.69 Å². The van der Waals surface area contributed by atoms with Gasteiger partial charge < -0.3 is 4.74 Å². The van der Waals surface area contributed by atoms with Gasteiger partial charge in [-0.25, -0.2) is 13.4 Å². The molecule has 2 rings (SSSR count). The minimum Gasteiger partial charge on any atom is -0.468 e. The third-order valence-corrected chi connectivity index (χ3v) is 5.28. The fourth-order valence-corrected chi connectivity index (χ4v) is 3.62. The SMILES string of the molecule is COC(=O)C(NS(=O)(=O)c1ccc(-c2ccc([N+](=O)[O-])cn2)cc1)C(C)C. The molecule has 1 N–H and O–H groups in total. The number of aromatic nitrogens is 1. The molecule has 1 unspecified atom stereocenters. The first kappa shape index (κ1) is 20.5. The molecule has 1 aromatic heterocycles. The average molecular weight is 393 g/mol. The van der Waals surface area contributed by atoms with E-state index < -0.39 is 27.0 Å². The Kier molecular flexibility index (Phi) is 6.24. The number of carbonyl (C=O) groups excluding carboxylic acids is 1. The Morgan fingerprint density at radius 2 is 1.81 bits per heavy atom. The fourth-order valence-electron chi connectivity index (χ4n) is 2.29. The van der Waals surface area contributed by atoms with E-state index in [9.17, 15) is 23.3 Å². The predicted molar refractivity (Wildman–Crippen MR) is 97.3 cm³/mol. The van der Waals surface area contributed by atoms with E-state index in [0.717, 1.165) is 6.20 Å². The highest BCUT2D eigenvalue weighted by atomic mass is 32.2. The molecule has 0 bridgehead atoms. The van der Waals surface area contributed by atoms with Crippen LogP contribution in [0.4, 0.5) is 5.69 Å². The van der Waals surface area contributed by atoms with Crippen LogP contribution in [0.15, 0.2) is 47.5 Å². The third kappa shape index (κ3) is 4.86. The number of pyridine rings is 1. The Hall–Kier alpha value is -2.85. The summed E-state index contributed by atoms with van der Waals surface area (Å²) >= 11 is 0. The zero-order chi connectivity index (χ0) is 20.2. The zero-order valence-electron chi connectivity index (χ0n) is 14.9. The topological polar surface area (TPSA) is 128 Å². The lowest BCUT2D eigenvalue weighted by atomic mass is 10.1. The molecule has 0 aliphatic carbocycles. The zero-order valence-corrected chi connectivity index (χ0v) is 15.8. The molecule has 9 nitrogen and oxygen atoms in total. The van der Waals surface area contributed by atoms with Crippen molar-refractivity contribution < 1.29 is 22.9 Å². The van der Waals surface area contributed by atoms with Crippen LogP contribution in [0.1, 0.15) is 13.8 Å². The molecule has 0 aliphatic heterocycles. The molecule has 27 heavy (non-hydrogen) atoms. The summed E-state index contributed by atoms with van der Waals surface area (Å²) < 4.78 is 32.0. The second-order valence-corrected chi connectivity index (χ2v) is 7.76. The summed E-state index contributed by atoms with van der Waals surface area (Å²) in [6.07, 6.45) is 1.13. The summed E-state index contributed by atoms with van der Waals surface area (Å²) in [5.41, 5.74) is 0.925.